The third-order valence-electron chi connectivity index (χ3n) is 2.81. The van der Waals surface area contributed by atoms with E-state index in [-0.39, 0.29) is 5.91 Å². The number of esters is 1. The quantitative estimate of drug-likeness (QED) is 0.631. The summed E-state index contributed by atoms with van der Waals surface area (Å²) in [6.45, 7) is 6.29. The molecule has 2 unspecified atom stereocenters. The monoisotopic (exact) mass is 279 g/mol. The molecule has 0 saturated carbocycles. The summed E-state index contributed by atoms with van der Waals surface area (Å²) in [7, 11) is 1.55. The van der Waals surface area contributed by atoms with Gasteiger partial charge in [0, 0.05) is 12.6 Å². The minimum atomic E-state index is -0.863. The summed E-state index contributed by atoms with van der Waals surface area (Å²) in [5, 5.41) is 2.61. The Morgan fingerprint density at radius 2 is 2.05 bits per heavy atom. The van der Waals surface area contributed by atoms with Crippen LogP contribution in [0.3, 0.4) is 0 Å². The van der Waals surface area contributed by atoms with E-state index in [1.165, 1.54) is 0 Å². The number of carbonyl (C=O) groups excluding carboxylic acids is 2. The Labute approximate surface area is 119 Å². The van der Waals surface area contributed by atoms with Crippen molar-refractivity contribution in [2.24, 2.45) is 5.92 Å². The number of allylic oxidation sites excluding steroid dienone is 1. The van der Waals surface area contributed by atoms with Gasteiger partial charge < -0.3 is 14.8 Å². The zero-order valence-electron chi connectivity index (χ0n) is 12.3. The molecule has 1 heterocycles. The molecule has 0 bridgehead atoms. The minimum absolute atomic E-state index is 0.330. The molecule has 0 fully saturated rings. The van der Waals surface area contributed by atoms with Crippen molar-refractivity contribution in [2.45, 2.75) is 26.9 Å². The molecular weight excluding hydrogens is 258 g/mol. The number of ether oxygens (including phenoxy) is 2. The molecule has 5 heteroatoms. The Morgan fingerprint density at radius 3 is 2.65 bits per heavy atom. The average molecular weight is 279 g/mol. The van der Waals surface area contributed by atoms with Gasteiger partial charge in [-0.2, -0.15) is 0 Å². The lowest BCUT2D eigenvalue weighted by Crippen LogP contribution is -2.40. The molecule has 0 aromatic heterocycles. The third kappa shape index (κ3) is 3.50. The maximum Gasteiger partial charge on any atom is 0.323 e. The molecular formula is C15H21NO4. The average Bonchev–Trinajstić information content (AvgIpc) is 2.48. The summed E-state index contributed by atoms with van der Waals surface area (Å²) < 4.78 is 10.3. The highest BCUT2D eigenvalue weighted by Crippen LogP contribution is 2.26. The van der Waals surface area contributed by atoms with E-state index in [9.17, 15) is 9.59 Å². The van der Waals surface area contributed by atoms with Gasteiger partial charge in [-0.05, 0) is 18.6 Å². The van der Waals surface area contributed by atoms with Crippen molar-refractivity contribution in [3.63, 3.8) is 0 Å². The van der Waals surface area contributed by atoms with E-state index in [1.54, 1.807) is 38.3 Å². The molecule has 5 nitrogen and oxygen atoms in total. The number of hydrogen-bond acceptors (Lipinski definition) is 4. The van der Waals surface area contributed by atoms with Crippen molar-refractivity contribution in [1.29, 1.82) is 0 Å². The van der Waals surface area contributed by atoms with E-state index in [2.05, 4.69) is 5.32 Å². The summed E-state index contributed by atoms with van der Waals surface area (Å²) >= 11 is 0. The van der Waals surface area contributed by atoms with Gasteiger partial charge in [-0.1, -0.05) is 26.0 Å². The van der Waals surface area contributed by atoms with E-state index in [0.29, 0.717) is 12.3 Å². The van der Waals surface area contributed by atoms with Gasteiger partial charge in [0.1, 0.15) is 11.9 Å². The molecule has 20 heavy (non-hydrogen) atoms. The summed E-state index contributed by atoms with van der Waals surface area (Å²) in [5.74, 6) is -1.08. The normalized spacial score (nSPS) is 23.3. The standard InChI is InChI=1S/C13H15NO4.C2H6/c1-3-14-12(15)10-6-8-4-5-9(17-2)7-11(8)18-13(10)16;1-2/h4-7,10-11H,3H2,1-2H3,(H,14,15);1-2H3. The van der Waals surface area contributed by atoms with Crippen LogP contribution in [-0.4, -0.2) is 31.6 Å². The molecule has 0 aromatic rings. The Morgan fingerprint density at radius 1 is 1.35 bits per heavy atom. The predicted molar refractivity (Wildman–Crippen MR) is 75.7 cm³/mol. The third-order valence-corrected chi connectivity index (χ3v) is 2.81. The number of methoxy groups -OCH3 is 1. The van der Waals surface area contributed by atoms with Crippen LogP contribution in [-0.2, 0) is 19.1 Å². The van der Waals surface area contributed by atoms with Crippen LogP contribution >= 0.6 is 0 Å². The maximum atomic E-state index is 11.7. The zero-order valence-corrected chi connectivity index (χ0v) is 12.3. The lowest BCUT2D eigenvalue weighted by atomic mass is 9.94. The van der Waals surface area contributed by atoms with Crippen LogP contribution in [0, 0.1) is 5.92 Å². The second-order valence-corrected chi connectivity index (χ2v) is 4.00. The van der Waals surface area contributed by atoms with Crippen molar-refractivity contribution in [2.75, 3.05) is 13.7 Å². The summed E-state index contributed by atoms with van der Waals surface area (Å²) in [5.41, 5.74) is 0.798. The number of fused-ring (bicyclic) bond motifs is 1. The minimum Gasteiger partial charge on any atom is -0.497 e. The second-order valence-electron chi connectivity index (χ2n) is 4.00. The van der Waals surface area contributed by atoms with Crippen molar-refractivity contribution >= 4 is 11.9 Å². The molecule has 1 aliphatic heterocycles. The van der Waals surface area contributed by atoms with Gasteiger partial charge >= 0.3 is 5.97 Å². The molecule has 110 valence electrons. The number of nitrogens with one attached hydrogen (secondary N) is 1. The number of hydrogen-bond donors (Lipinski definition) is 1. The summed E-state index contributed by atoms with van der Waals surface area (Å²) in [4.78, 5) is 23.4. The fourth-order valence-corrected chi connectivity index (χ4v) is 1.89. The Hall–Kier alpha value is -2.04. The van der Waals surface area contributed by atoms with Crippen LogP contribution in [0.2, 0.25) is 0 Å². The Balaban J connectivity index is 0.000000956. The molecule has 1 aliphatic carbocycles. The topological polar surface area (TPSA) is 64.6 Å². The predicted octanol–water partition coefficient (Wildman–Crippen LogP) is 1.72. The van der Waals surface area contributed by atoms with Crippen molar-refractivity contribution in [3.05, 3.63) is 35.6 Å². The van der Waals surface area contributed by atoms with Crippen molar-refractivity contribution in [3.8, 4) is 0 Å². The lowest BCUT2D eigenvalue weighted by Gasteiger charge is -2.27. The van der Waals surface area contributed by atoms with Crippen molar-refractivity contribution in [1.82, 2.24) is 5.32 Å². The highest BCUT2D eigenvalue weighted by molar-refractivity contribution is 6.00. The van der Waals surface area contributed by atoms with Gasteiger partial charge in [-0.25, -0.2) is 0 Å². The van der Waals surface area contributed by atoms with E-state index >= 15 is 0 Å². The number of amides is 1. The fourth-order valence-electron chi connectivity index (χ4n) is 1.89. The first-order valence-electron chi connectivity index (χ1n) is 6.79. The highest BCUT2D eigenvalue weighted by atomic mass is 16.5. The molecule has 0 aromatic carbocycles. The Bertz CT molecular complexity index is 462. The van der Waals surface area contributed by atoms with Crippen LogP contribution < -0.4 is 5.32 Å². The second kappa shape index (κ2) is 7.53. The zero-order chi connectivity index (χ0) is 15.1. The molecule has 0 radical (unpaired) electrons. The van der Waals surface area contributed by atoms with E-state index < -0.39 is 18.0 Å². The fraction of sp³-hybridized carbons (Fsp3) is 0.467. The first-order chi connectivity index (χ1) is 9.65. The van der Waals surface area contributed by atoms with Crippen LogP contribution in [0.4, 0.5) is 0 Å². The van der Waals surface area contributed by atoms with E-state index in [4.69, 9.17) is 9.47 Å². The highest BCUT2D eigenvalue weighted by Gasteiger charge is 2.34. The first kappa shape index (κ1) is 16.0. The molecule has 0 spiro atoms. The van der Waals surface area contributed by atoms with Crippen LogP contribution in [0.15, 0.2) is 35.6 Å². The smallest absolute Gasteiger partial charge is 0.323 e. The molecule has 1 amide bonds. The summed E-state index contributed by atoms with van der Waals surface area (Å²) in [6, 6.07) is 0. The lowest BCUT2D eigenvalue weighted by molar-refractivity contribution is -0.153. The molecule has 0 saturated heterocycles. The van der Waals surface area contributed by atoms with Crippen LogP contribution in [0.1, 0.15) is 20.8 Å². The van der Waals surface area contributed by atoms with Gasteiger partial charge in [-0.15, -0.1) is 0 Å². The largest absolute Gasteiger partial charge is 0.497 e. The number of carbonyl (C=O) groups is 2. The van der Waals surface area contributed by atoms with Crippen molar-refractivity contribution < 1.29 is 19.1 Å². The maximum absolute atomic E-state index is 11.7. The van der Waals surface area contributed by atoms with Gasteiger partial charge in [0.2, 0.25) is 5.91 Å². The van der Waals surface area contributed by atoms with Crippen LogP contribution in [0.25, 0.3) is 0 Å². The number of rotatable bonds is 3. The SMILES string of the molecule is CC.CCNC(=O)C1C=C2C=CC(OC)=CC2OC1=O. The van der Waals surface area contributed by atoms with Gasteiger partial charge in [0.15, 0.2) is 5.92 Å². The molecule has 1 N–H and O–H groups in total. The molecule has 2 atom stereocenters. The summed E-state index contributed by atoms with van der Waals surface area (Å²) in [6.07, 6.45) is 6.46. The van der Waals surface area contributed by atoms with E-state index in [0.717, 1.165) is 5.57 Å². The van der Waals surface area contributed by atoms with Gasteiger partial charge in [0.05, 0.1) is 7.11 Å². The first-order valence-corrected chi connectivity index (χ1v) is 6.79. The molecule has 2 rings (SSSR count). The van der Waals surface area contributed by atoms with Gasteiger partial charge in [-0.3, -0.25) is 9.59 Å². The Kier molecular flexibility index (Phi) is 6.03. The van der Waals surface area contributed by atoms with Crippen LogP contribution in [0.5, 0.6) is 0 Å². The van der Waals surface area contributed by atoms with E-state index in [1.807, 2.05) is 13.8 Å². The van der Waals surface area contributed by atoms with Gasteiger partial charge in [0.25, 0.3) is 0 Å². The molecule has 2 aliphatic rings.